The summed E-state index contributed by atoms with van der Waals surface area (Å²) in [6.07, 6.45) is 10.2. The van der Waals surface area contributed by atoms with Crippen LogP contribution in [0.25, 0.3) is 0 Å². The predicted octanol–water partition coefficient (Wildman–Crippen LogP) is -0.190. The van der Waals surface area contributed by atoms with Gasteiger partial charge in [0.15, 0.2) is 0 Å². The Hall–Kier alpha value is 0.250. The zero-order valence-electron chi connectivity index (χ0n) is 9.35. The van der Waals surface area contributed by atoms with E-state index >= 15 is 0 Å². The van der Waals surface area contributed by atoms with Gasteiger partial charge < -0.3 is 16.9 Å². The Morgan fingerprint density at radius 1 is 0.769 bits per heavy atom. The van der Waals surface area contributed by atoms with Crippen LogP contribution in [0.2, 0.25) is 0 Å². The van der Waals surface area contributed by atoms with E-state index in [1.165, 1.54) is 49.4 Å². The van der Waals surface area contributed by atoms with E-state index in [2.05, 4.69) is 21.1 Å². The zero-order valence-corrected chi connectivity index (χ0v) is 10.1. The molecule has 1 aliphatic rings. The molecule has 0 amide bonds. The van der Waals surface area contributed by atoms with E-state index in [0.29, 0.717) is 0 Å². The molecule has 1 fully saturated rings. The Kier molecular flexibility index (Phi) is 5.98. The fourth-order valence-corrected chi connectivity index (χ4v) is 2.21. The van der Waals surface area contributed by atoms with Crippen LogP contribution in [0.3, 0.4) is 0 Å². The summed E-state index contributed by atoms with van der Waals surface area (Å²) in [5, 5.41) is 0. The maximum Gasteiger partial charge on any atom is 0.0884 e. The van der Waals surface area contributed by atoms with Gasteiger partial charge in [0.05, 0.1) is 27.2 Å². The lowest BCUT2D eigenvalue weighted by molar-refractivity contribution is -0.897. The van der Waals surface area contributed by atoms with Gasteiger partial charge in [0, 0.05) is 0 Å². The van der Waals surface area contributed by atoms with Gasteiger partial charge in [-0.05, 0) is 25.7 Å². The van der Waals surface area contributed by atoms with Crippen LogP contribution >= 0.6 is 0 Å². The van der Waals surface area contributed by atoms with Crippen LogP contribution in [0.5, 0.6) is 0 Å². The average Bonchev–Trinajstić information content (AvgIpc) is 1.81. The molecule has 1 nitrogen and oxygen atoms in total. The van der Waals surface area contributed by atoms with Crippen molar-refractivity contribution < 1.29 is 16.9 Å². The molecule has 0 N–H and O–H groups in total. The summed E-state index contributed by atoms with van der Waals surface area (Å²) in [5.41, 5.74) is 0. The zero-order chi connectivity index (χ0) is 9.03. The molecular weight excluding hydrogens is 182 g/mol. The minimum atomic E-state index is 0. The molecular formula is C11H24ClN. The van der Waals surface area contributed by atoms with Crippen molar-refractivity contribution in [3.05, 3.63) is 0 Å². The highest BCUT2D eigenvalue weighted by atomic mass is 35.5. The molecule has 0 aromatic heterocycles. The summed E-state index contributed by atoms with van der Waals surface area (Å²) in [7, 11) is 7.02. The minimum Gasteiger partial charge on any atom is -1.00 e. The third-order valence-electron chi connectivity index (χ3n) is 3.17. The maximum atomic E-state index is 2.34. The SMILES string of the molecule is C[N+](C)(C)C1CCCCCCC1.[Cl-]. The Bertz CT molecular complexity index is 121. The predicted molar refractivity (Wildman–Crippen MR) is 54.1 cm³/mol. The lowest BCUT2D eigenvalue weighted by atomic mass is 9.95. The Labute approximate surface area is 89.5 Å². The molecule has 0 heterocycles. The van der Waals surface area contributed by atoms with Crippen molar-refractivity contribution in [2.45, 2.75) is 51.0 Å². The number of quaternary nitrogens is 1. The monoisotopic (exact) mass is 205 g/mol. The van der Waals surface area contributed by atoms with Crippen LogP contribution in [0.1, 0.15) is 44.9 Å². The van der Waals surface area contributed by atoms with Crippen molar-refractivity contribution in [2.75, 3.05) is 21.1 Å². The molecule has 0 saturated heterocycles. The molecule has 0 bridgehead atoms. The van der Waals surface area contributed by atoms with E-state index in [9.17, 15) is 0 Å². The summed E-state index contributed by atoms with van der Waals surface area (Å²) < 4.78 is 1.17. The van der Waals surface area contributed by atoms with Crippen molar-refractivity contribution in [1.29, 1.82) is 0 Å². The second-order valence-electron chi connectivity index (χ2n) is 5.12. The minimum absolute atomic E-state index is 0. The molecule has 1 aliphatic carbocycles. The first-order valence-corrected chi connectivity index (χ1v) is 5.42. The van der Waals surface area contributed by atoms with Crippen LogP contribution in [-0.2, 0) is 0 Å². The molecule has 0 spiro atoms. The first-order valence-electron chi connectivity index (χ1n) is 5.42. The van der Waals surface area contributed by atoms with Crippen LogP contribution in [0.15, 0.2) is 0 Å². The lowest BCUT2D eigenvalue weighted by Gasteiger charge is -2.35. The first kappa shape index (κ1) is 13.2. The third-order valence-corrected chi connectivity index (χ3v) is 3.17. The quantitative estimate of drug-likeness (QED) is 0.521. The molecule has 0 atom stereocenters. The van der Waals surface area contributed by atoms with Gasteiger partial charge in [-0.3, -0.25) is 0 Å². The normalized spacial score (nSPS) is 21.5. The van der Waals surface area contributed by atoms with Crippen molar-refractivity contribution in [1.82, 2.24) is 0 Å². The van der Waals surface area contributed by atoms with Gasteiger partial charge in [0.2, 0.25) is 0 Å². The number of rotatable bonds is 1. The van der Waals surface area contributed by atoms with E-state index in [4.69, 9.17) is 0 Å². The molecule has 0 aliphatic heterocycles. The second kappa shape index (κ2) is 5.87. The van der Waals surface area contributed by atoms with Gasteiger partial charge in [-0.25, -0.2) is 0 Å². The third kappa shape index (κ3) is 4.87. The van der Waals surface area contributed by atoms with Gasteiger partial charge in [0.1, 0.15) is 0 Å². The molecule has 1 saturated carbocycles. The Morgan fingerprint density at radius 2 is 1.15 bits per heavy atom. The molecule has 1 rings (SSSR count). The summed E-state index contributed by atoms with van der Waals surface area (Å²) in [4.78, 5) is 0. The molecule has 0 aromatic carbocycles. The fraction of sp³-hybridized carbons (Fsp3) is 1.00. The molecule has 0 aromatic rings. The topological polar surface area (TPSA) is 0 Å². The van der Waals surface area contributed by atoms with Gasteiger partial charge in [-0.2, -0.15) is 0 Å². The highest BCUT2D eigenvalue weighted by molar-refractivity contribution is 4.62. The second-order valence-corrected chi connectivity index (χ2v) is 5.12. The fourth-order valence-electron chi connectivity index (χ4n) is 2.21. The largest absolute Gasteiger partial charge is 1.00 e. The van der Waals surface area contributed by atoms with Crippen LogP contribution < -0.4 is 12.4 Å². The van der Waals surface area contributed by atoms with E-state index in [-0.39, 0.29) is 12.4 Å². The summed E-state index contributed by atoms with van der Waals surface area (Å²) >= 11 is 0. The van der Waals surface area contributed by atoms with Gasteiger partial charge in [-0.1, -0.05) is 19.3 Å². The van der Waals surface area contributed by atoms with Crippen LogP contribution in [-0.4, -0.2) is 31.7 Å². The van der Waals surface area contributed by atoms with Gasteiger partial charge >= 0.3 is 0 Å². The molecule has 2 heteroatoms. The van der Waals surface area contributed by atoms with E-state index < -0.39 is 0 Å². The summed E-state index contributed by atoms with van der Waals surface area (Å²) in [6, 6.07) is 0.922. The number of halogens is 1. The number of nitrogens with zero attached hydrogens (tertiary/aromatic N) is 1. The smallest absolute Gasteiger partial charge is 0.0884 e. The summed E-state index contributed by atoms with van der Waals surface area (Å²) in [5.74, 6) is 0. The van der Waals surface area contributed by atoms with Crippen molar-refractivity contribution in [2.24, 2.45) is 0 Å². The van der Waals surface area contributed by atoms with Crippen molar-refractivity contribution in [3.63, 3.8) is 0 Å². The lowest BCUT2D eigenvalue weighted by Crippen LogP contribution is -3.00. The first-order chi connectivity index (χ1) is 5.61. The average molecular weight is 206 g/mol. The van der Waals surface area contributed by atoms with E-state index in [1.54, 1.807) is 0 Å². The van der Waals surface area contributed by atoms with Gasteiger partial charge in [0.25, 0.3) is 0 Å². The Morgan fingerprint density at radius 3 is 1.54 bits per heavy atom. The number of hydrogen-bond donors (Lipinski definition) is 0. The van der Waals surface area contributed by atoms with Gasteiger partial charge in [-0.15, -0.1) is 0 Å². The highest BCUT2D eigenvalue weighted by Gasteiger charge is 2.23. The molecule has 13 heavy (non-hydrogen) atoms. The maximum absolute atomic E-state index is 2.34. The van der Waals surface area contributed by atoms with Crippen LogP contribution in [0.4, 0.5) is 0 Å². The molecule has 80 valence electrons. The number of hydrogen-bond acceptors (Lipinski definition) is 0. The van der Waals surface area contributed by atoms with Crippen molar-refractivity contribution in [3.8, 4) is 0 Å². The molecule has 0 radical (unpaired) electrons. The summed E-state index contributed by atoms with van der Waals surface area (Å²) in [6.45, 7) is 0. The van der Waals surface area contributed by atoms with E-state index in [0.717, 1.165) is 6.04 Å². The van der Waals surface area contributed by atoms with Crippen molar-refractivity contribution >= 4 is 0 Å². The van der Waals surface area contributed by atoms with E-state index in [1.807, 2.05) is 0 Å². The molecule has 0 unspecified atom stereocenters. The van der Waals surface area contributed by atoms with Crippen LogP contribution in [0, 0.1) is 0 Å². The Balaban J connectivity index is 0.00000144. The highest BCUT2D eigenvalue weighted by Crippen LogP contribution is 2.22. The standard InChI is InChI=1S/C11H24N.ClH/c1-12(2,3)11-9-7-5-4-6-8-10-11;/h11H,4-10H2,1-3H3;1H/q+1;/p-1.